The largest absolute Gasteiger partial charge is 0.466 e. The summed E-state index contributed by atoms with van der Waals surface area (Å²) in [5.74, 6) is -0.830. The van der Waals surface area contributed by atoms with Gasteiger partial charge in [0.1, 0.15) is 0 Å². The Hall–Kier alpha value is -4.01. The van der Waals surface area contributed by atoms with Gasteiger partial charge < -0.3 is 9.64 Å². The fourth-order valence-corrected chi connectivity index (χ4v) is 4.07. The molecule has 3 aromatic rings. The minimum absolute atomic E-state index is 0.0261. The van der Waals surface area contributed by atoms with E-state index in [-0.39, 0.29) is 23.5 Å². The van der Waals surface area contributed by atoms with Gasteiger partial charge in [0.05, 0.1) is 40.6 Å². The Morgan fingerprint density at radius 1 is 1.15 bits per heavy atom. The zero-order chi connectivity index (χ0) is 23.4. The van der Waals surface area contributed by atoms with Crippen LogP contribution in [0.5, 0.6) is 0 Å². The molecule has 1 fully saturated rings. The van der Waals surface area contributed by atoms with Crippen molar-refractivity contribution in [1.29, 1.82) is 0 Å². The van der Waals surface area contributed by atoms with E-state index in [0.29, 0.717) is 49.5 Å². The summed E-state index contributed by atoms with van der Waals surface area (Å²) >= 11 is 0. The summed E-state index contributed by atoms with van der Waals surface area (Å²) in [6.45, 7) is 2.92. The summed E-state index contributed by atoms with van der Waals surface area (Å²) in [4.78, 5) is 38.0. The number of likely N-dealkylation sites (tertiary alicyclic amines) is 1. The fourth-order valence-electron chi connectivity index (χ4n) is 4.07. The summed E-state index contributed by atoms with van der Waals surface area (Å²) in [6, 6.07) is 15.4. The van der Waals surface area contributed by atoms with Gasteiger partial charge >= 0.3 is 5.97 Å². The number of amides is 1. The third-order valence-corrected chi connectivity index (χ3v) is 5.68. The highest BCUT2D eigenvalue weighted by Crippen LogP contribution is 2.30. The first kappa shape index (κ1) is 22.2. The van der Waals surface area contributed by atoms with Crippen molar-refractivity contribution in [2.24, 2.45) is 5.92 Å². The van der Waals surface area contributed by atoms with Gasteiger partial charge in [0.2, 0.25) is 0 Å². The number of nitro benzene ring substituents is 1. The van der Waals surface area contributed by atoms with Crippen LogP contribution in [0.2, 0.25) is 0 Å². The van der Waals surface area contributed by atoms with E-state index in [1.165, 1.54) is 18.3 Å². The number of nitro groups is 1. The molecule has 0 aliphatic carbocycles. The van der Waals surface area contributed by atoms with Crippen LogP contribution in [0.4, 0.5) is 5.69 Å². The first-order valence-electron chi connectivity index (χ1n) is 10.8. The summed E-state index contributed by atoms with van der Waals surface area (Å²) in [5, 5.41) is 15.5. The van der Waals surface area contributed by atoms with E-state index >= 15 is 0 Å². The smallest absolute Gasteiger partial charge is 0.310 e. The number of aromatic nitrogens is 2. The van der Waals surface area contributed by atoms with Gasteiger partial charge in [-0.3, -0.25) is 19.7 Å². The molecule has 9 nitrogen and oxygen atoms in total. The van der Waals surface area contributed by atoms with Crippen LogP contribution >= 0.6 is 0 Å². The van der Waals surface area contributed by atoms with E-state index in [9.17, 15) is 19.7 Å². The Morgan fingerprint density at radius 2 is 1.88 bits per heavy atom. The van der Waals surface area contributed by atoms with Crippen LogP contribution in [-0.4, -0.2) is 51.2 Å². The average molecular weight is 448 g/mol. The van der Waals surface area contributed by atoms with Crippen LogP contribution in [-0.2, 0) is 9.53 Å². The molecule has 170 valence electrons. The summed E-state index contributed by atoms with van der Waals surface area (Å²) in [6.07, 6.45) is 2.92. The maximum Gasteiger partial charge on any atom is 0.310 e. The molecule has 0 saturated carbocycles. The van der Waals surface area contributed by atoms with Crippen molar-refractivity contribution in [3.63, 3.8) is 0 Å². The van der Waals surface area contributed by atoms with Crippen molar-refractivity contribution in [1.82, 2.24) is 14.7 Å². The first-order valence-corrected chi connectivity index (χ1v) is 10.8. The SMILES string of the molecule is CCOC(=O)[C@@H]1CCCN(C(=O)c2cnn(-c3ccc([N+](=O)[O-])cc3)c2-c2ccccc2)C1. The second-order valence-electron chi connectivity index (χ2n) is 7.80. The second kappa shape index (κ2) is 9.64. The molecule has 1 atom stereocenters. The normalized spacial score (nSPS) is 15.8. The summed E-state index contributed by atoms with van der Waals surface area (Å²) < 4.78 is 6.77. The second-order valence-corrected chi connectivity index (χ2v) is 7.80. The number of rotatable bonds is 6. The van der Waals surface area contributed by atoms with Gasteiger partial charge in [-0.05, 0) is 31.9 Å². The first-order chi connectivity index (χ1) is 16.0. The van der Waals surface area contributed by atoms with Crippen molar-refractivity contribution < 1.29 is 19.2 Å². The standard InChI is InChI=1S/C24H24N4O5/c1-2-33-24(30)18-9-6-14-26(16-18)23(29)21-15-25-27(22(21)17-7-4-3-5-8-17)19-10-12-20(13-11-19)28(31)32/h3-5,7-8,10-13,15,18H,2,6,9,14,16H2,1H3/t18-/m1/s1. The molecular weight excluding hydrogens is 424 g/mol. The van der Waals surface area contributed by atoms with Gasteiger partial charge in [0, 0.05) is 30.8 Å². The Bertz CT molecular complexity index is 1160. The van der Waals surface area contributed by atoms with E-state index in [2.05, 4.69) is 5.10 Å². The van der Waals surface area contributed by atoms with Crippen molar-refractivity contribution in [2.45, 2.75) is 19.8 Å². The van der Waals surface area contributed by atoms with Gasteiger partial charge in [-0.1, -0.05) is 30.3 Å². The van der Waals surface area contributed by atoms with Crippen molar-refractivity contribution in [2.75, 3.05) is 19.7 Å². The molecule has 1 aliphatic heterocycles. The lowest BCUT2D eigenvalue weighted by Crippen LogP contribution is -2.42. The highest BCUT2D eigenvalue weighted by Gasteiger charge is 2.32. The zero-order valence-corrected chi connectivity index (χ0v) is 18.2. The van der Waals surface area contributed by atoms with Crippen LogP contribution in [0.25, 0.3) is 16.9 Å². The summed E-state index contributed by atoms with van der Waals surface area (Å²) in [5.41, 5.74) is 2.36. The predicted molar refractivity (Wildman–Crippen MR) is 121 cm³/mol. The van der Waals surface area contributed by atoms with Gasteiger partial charge in [0.15, 0.2) is 0 Å². The highest BCUT2D eigenvalue weighted by molar-refractivity contribution is 6.00. The average Bonchev–Trinajstić information content (AvgIpc) is 3.29. The molecule has 1 aromatic heterocycles. The van der Waals surface area contributed by atoms with Crippen LogP contribution in [0.1, 0.15) is 30.1 Å². The zero-order valence-electron chi connectivity index (χ0n) is 18.2. The molecule has 9 heteroatoms. The topological polar surface area (TPSA) is 108 Å². The number of benzene rings is 2. The minimum atomic E-state index is -0.462. The highest BCUT2D eigenvalue weighted by atomic mass is 16.6. The number of piperidine rings is 1. The number of carbonyl (C=O) groups is 2. The maximum absolute atomic E-state index is 13.5. The lowest BCUT2D eigenvalue weighted by Gasteiger charge is -2.31. The molecule has 0 unspecified atom stereocenters. The molecule has 33 heavy (non-hydrogen) atoms. The van der Waals surface area contributed by atoms with E-state index in [1.807, 2.05) is 30.3 Å². The Morgan fingerprint density at radius 3 is 2.55 bits per heavy atom. The molecule has 2 heterocycles. The van der Waals surface area contributed by atoms with E-state index in [0.717, 1.165) is 5.56 Å². The van der Waals surface area contributed by atoms with E-state index < -0.39 is 4.92 Å². The molecule has 0 spiro atoms. The van der Waals surface area contributed by atoms with Crippen LogP contribution in [0.15, 0.2) is 60.8 Å². The Labute approximate surface area is 190 Å². The summed E-state index contributed by atoms with van der Waals surface area (Å²) in [7, 11) is 0. The van der Waals surface area contributed by atoms with Crippen molar-refractivity contribution >= 4 is 17.6 Å². The quantitative estimate of drug-likeness (QED) is 0.322. The number of non-ortho nitro benzene ring substituents is 1. The number of esters is 1. The number of nitrogens with zero attached hydrogens (tertiary/aromatic N) is 4. The lowest BCUT2D eigenvalue weighted by atomic mass is 9.97. The molecule has 1 amide bonds. The Balaban J connectivity index is 1.70. The van der Waals surface area contributed by atoms with Gasteiger partial charge in [-0.25, -0.2) is 4.68 Å². The predicted octanol–water partition coefficient (Wildman–Crippen LogP) is 3.86. The third kappa shape index (κ3) is 4.62. The molecule has 0 N–H and O–H groups in total. The third-order valence-electron chi connectivity index (χ3n) is 5.68. The molecular formula is C24H24N4O5. The monoisotopic (exact) mass is 448 g/mol. The van der Waals surface area contributed by atoms with Crippen molar-refractivity contribution in [3.05, 3.63) is 76.5 Å². The molecule has 4 rings (SSSR count). The van der Waals surface area contributed by atoms with Gasteiger partial charge in [-0.15, -0.1) is 0 Å². The van der Waals surface area contributed by atoms with Crippen molar-refractivity contribution in [3.8, 4) is 16.9 Å². The lowest BCUT2D eigenvalue weighted by molar-refractivity contribution is -0.384. The molecule has 0 radical (unpaired) electrons. The number of hydrogen-bond acceptors (Lipinski definition) is 6. The van der Waals surface area contributed by atoms with E-state index in [4.69, 9.17) is 4.74 Å². The molecule has 2 aromatic carbocycles. The van der Waals surface area contributed by atoms with Crippen LogP contribution in [0.3, 0.4) is 0 Å². The number of hydrogen-bond donors (Lipinski definition) is 0. The fraction of sp³-hybridized carbons (Fsp3) is 0.292. The van der Waals surface area contributed by atoms with Gasteiger partial charge in [-0.2, -0.15) is 5.10 Å². The van der Waals surface area contributed by atoms with Crippen LogP contribution in [0, 0.1) is 16.0 Å². The van der Waals surface area contributed by atoms with Crippen LogP contribution < -0.4 is 0 Å². The minimum Gasteiger partial charge on any atom is -0.466 e. The number of carbonyl (C=O) groups excluding carboxylic acids is 2. The number of ether oxygens (including phenoxy) is 1. The molecule has 0 bridgehead atoms. The van der Waals surface area contributed by atoms with E-state index in [1.54, 1.807) is 28.6 Å². The molecule has 1 saturated heterocycles. The molecule has 1 aliphatic rings. The Kier molecular flexibility index (Phi) is 6.48. The van der Waals surface area contributed by atoms with Gasteiger partial charge in [0.25, 0.3) is 11.6 Å². The maximum atomic E-state index is 13.5.